The Bertz CT molecular complexity index is 713. The standard InChI is InChI=1S/C9H6Cl2N4O3/c1-12-8-9(16)14-5-3(10)2-4(11)7(15(17)18)6(5)13-8/h2H,1H3,(H,12,13)(H,14,16). The molecule has 0 atom stereocenters. The molecule has 1 heterocycles. The van der Waals surface area contributed by atoms with Gasteiger partial charge in [-0.15, -0.1) is 0 Å². The maximum absolute atomic E-state index is 11.5. The molecule has 94 valence electrons. The van der Waals surface area contributed by atoms with E-state index >= 15 is 0 Å². The Kier molecular flexibility index (Phi) is 3.10. The summed E-state index contributed by atoms with van der Waals surface area (Å²) in [6.07, 6.45) is 0. The van der Waals surface area contributed by atoms with E-state index in [1.165, 1.54) is 13.1 Å². The Morgan fingerprint density at radius 3 is 2.67 bits per heavy atom. The summed E-state index contributed by atoms with van der Waals surface area (Å²) in [5, 5.41) is 13.4. The highest BCUT2D eigenvalue weighted by atomic mass is 35.5. The van der Waals surface area contributed by atoms with Crippen LogP contribution in [0.3, 0.4) is 0 Å². The molecule has 2 rings (SSSR count). The molecule has 0 amide bonds. The summed E-state index contributed by atoms with van der Waals surface area (Å²) in [5.41, 5.74) is -0.912. The second-order valence-corrected chi connectivity index (χ2v) is 4.15. The molecule has 7 nitrogen and oxygen atoms in total. The minimum absolute atomic E-state index is 0.0519. The zero-order valence-corrected chi connectivity index (χ0v) is 10.5. The lowest BCUT2D eigenvalue weighted by atomic mass is 10.2. The fourth-order valence-electron chi connectivity index (χ4n) is 1.50. The largest absolute Gasteiger partial charge is 0.369 e. The van der Waals surface area contributed by atoms with Crippen LogP contribution in [0.5, 0.6) is 0 Å². The number of halogens is 2. The number of nitro benzene ring substituents is 1. The summed E-state index contributed by atoms with van der Waals surface area (Å²) in [4.78, 5) is 28.1. The highest BCUT2D eigenvalue weighted by Crippen LogP contribution is 2.35. The number of H-pyrrole nitrogens is 1. The number of hydrogen-bond donors (Lipinski definition) is 2. The van der Waals surface area contributed by atoms with Crippen LogP contribution in [-0.4, -0.2) is 21.9 Å². The van der Waals surface area contributed by atoms with Gasteiger partial charge in [0.25, 0.3) is 5.56 Å². The number of benzene rings is 1. The predicted octanol–water partition coefficient (Wildman–Crippen LogP) is 2.18. The summed E-state index contributed by atoms with van der Waals surface area (Å²) in [6.45, 7) is 0. The molecule has 1 aromatic carbocycles. The molecule has 2 aromatic rings. The second-order valence-electron chi connectivity index (χ2n) is 3.33. The van der Waals surface area contributed by atoms with Crippen LogP contribution in [0.2, 0.25) is 10.0 Å². The van der Waals surface area contributed by atoms with Gasteiger partial charge in [-0.2, -0.15) is 0 Å². The van der Waals surface area contributed by atoms with Gasteiger partial charge in [-0.1, -0.05) is 23.2 Å². The zero-order chi connectivity index (χ0) is 13.4. The van der Waals surface area contributed by atoms with Gasteiger partial charge in [0, 0.05) is 7.05 Å². The van der Waals surface area contributed by atoms with Gasteiger partial charge < -0.3 is 10.3 Å². The lowest BCUT2D eigenvalue weighted by Crippen LogP contribution is -2.14. The van der Waals surface area contributed by atoms with E-state index in [0.717, 1.165) is 0 Å². The van der Waals surface area contributed by atoms with Crippen molar-refractivity contribution in [2.75, 3.05) is 12.4 Å². The van der Waals surface area contributed by atoms with E-state index in [0.29, 0.717) is 0 Å². The van der Waals surface area contributed by atoms with Crippen molar-refractivity contribution in [3.63, 3.8) is 0 Å². The van der Waals surface area contributed by atoms with E-state index in [1.54, 1.807) is 0 Å². The van der Waals surface area contributed by atoms with Crippen molar-refractivity contribution in [3.8, 4) is 0 Å². The molecule has 2 N–H and O–H groups in total. The predicted molar refractivity (Wildman–Crippen MR) is 68.6 cm³/mol. The van der Waals surface area contributed by atoms with Crippen LogP contribution in [0, 0.1) is 10.1 Å². The highest BCUT2D eigenvalue weighted by Gasteiger charge is 2.22. The van der Waals surface area contributed by atoms with Gasteiger partial charge in [0.1, 0.15) is 5.02 Å². The highest BCUT2D eigenvalue weighted by molar-refractivity contribution is 6.39. The molecule has 1 aromatic heterocycles. The van der Waals surface area contributed by atoms with Crippen LogP contribution in [-0.2, 0) is 0 Å². The summed E-state index contributed by atoms with van der Waals surface area (Å²) >= 11 is 11.6. The van der Waals surface area contributed by atoms with Gasteiger partial charge in [-0.05, 0) is 6.07 Å². The van der Waals surface area contributed by atoms with Crippen molar-refractivity contribution < 1.29 is 4.92 Å². The summed E-state index contributed by atoms with van der Waals surface area (Å²) < 4.78 is 0. The van der Waals surface area contributed by atoms with E-state index < -0.39 is 16.2 Å². The summed E-state index contributed by atoms with van der Waals surface area (Å²) in [6, 6.07) is 1.19. The van der Waals surface area contributed by atoms with E-state index in [1.807, 2.05) is 0 Å². The molecule has 0 aliphatic carbocycles. The Morgan fingerprint density at radius 1 is 1.44 bits per heavy atom. The molecular formula is C9H6Cl2N4O3. The van der Waals surface area contributed by atoms with Crippen LogP contribution in [0.15, 0.2) is 10.9 Å². The van der Waals surface area contributed by atoms with E-state index in [2.05, 4.69) is 15.3 Å². The number of fused-ring (bicyclic) bond motifs is 1. The first kappa shape index (κ1) is 12.6. The minimum Gasteiger partial charge on any atom is -0.369 e. The number of nitrogens with one attached hydrogen (secondary N) is 2. The van der Waals surface area contributed by atoms with Crippen molar-refractivity contribution in [1.29, 1.82) is 0 Å². The molecule has 0 saturated carbocycles. The maximum Gasteiger partial charge on any atom is 0.315 e. The molecule has 0 spiro atoms. The lowest BCUT2D eigenvalue weighted by molar-refractivity contribution is -0.383. The van der Waals surface area contributed by atoms with Crippen LogP contribution in [0.4, 0.5) is 11.5 Å². The average molecular weight is 289 g/mol. The monoisotopic (exact) mass is 288 g/mol. The van der Waals surface area contributed by atoms with Gasteiger partial charge in [-0.25, -0.2) is 4.98 Å². The number of rotatable bonds is 2. The molecule has 0 radical (unpaired) electrons. The number of aromatic amines is 1. The third-order valence-electron chi connectivity index (χ3n) is 2.28. The smallest absolute Gasteiger partial charge is 0.315 e. The molecule has 0 bridgehead atoms. The third-order valence-corrected chi connectivity index (χ3v) is 2.86. The number of aromatic nitrogens is 2. The quantitative estimate of drug-likeness (QED) is 0.651. The molecule has 0 saturated heterocycles. The topological polar surface area (TPSA) is 101 Å². The van der Waals surface area contributed by atoms with Crippen molar-refractivity contribution in [2.24, 2.45) is 0 Å². The number of anilines is 1. The van der Waals surface area contributed by atoms with Crippen molar-refractivity contribution in [2.45, 2.75) is 0 Å². The number of nitrogens with zero attached hydrogens (tertiary/aromatic N) is 2. The SMILES string of the molecule is CNc1nc2c([N+](=O)[O-])c(Cl)cc(Cl)c2[nH]c1=O. The number of nitro groups is 1. The molecule has 0 unspecified atom stereocenters. The fourth-order valence-corrected chi connectivity index (χ4v) is 2.07. The first-order chi connectivity index (χ1) is 8.45. The molecular weight excluding hydrogens is 283 g/mol. The summed E-state index contributed by atoms with van der Waals surface area (Å²) in [7, 11) is 1.47. The first-order valence-electron chi connectivity index (χ1n) is 4.70. The average Bonchev–Trinajstić information content (AvgIpc) is 2.29. The Labute approximate surface area is 110 Å². The lowest BCUT2D eigenvalue weighted by Gasteiger charge is -2.05. The van der Waals surface area contributed by atoms with E-state index in [4.69, 9.17) is 23.2 Å². The van der Waals surface area contributed by atoms with Crippen LogP contribution >= 0.6 is 23.2 Å². The molecule has 18 heavy (non-hydrogen) atoms. The van der Waals surface area contributed by atoms with Gasteiger partial charge >= 0.3 is 5.69 Å². The molecule has 0 aliphatic rings. The van der Waals surface area contributed by atoms with Gasteiger partial charge in [0.15, 0.2) is 11.3 Å². The fraction of sp³-hybridized carbons (Fsp3) is 0.111. The van der Waals surface area contributed by atoms with Gasteiger partial charge in [0.2, 0.25) is 0 Å². The van der Waals surface area contributed by atoms with Crippen molar-refractivity contribution in [3.05, 3.63) is 36.6 Å². The normalized spacial score (nSPS) is 10.6. The van der Waals surface area contributed by atoms with Crippen molar-refractivity contribution in [1.82, 2.24) is 9.97 Å². The maximum atomic E-state index is 11.5. The van der Waals surface area contributed by atoms with E-state index in [9.17, 15) is 14.9 Å². The molecule has 9 heteroatoms. The third kappa shape index (κ3) is 1.87. The molecule has 0 fully saturated rings. The first-order valence-corrected chi connectivity index (χ1v) is 5.45. The van der Waals surface area contributed by atoms with Crippen LogP contribution in [0.1, 0.15) is 0 Å². The molecule has 0 aliphatic heterocycles. The van der Waals surface area contributed by atoms with Crippen LogP contribution in [0.25, 0.3) is 11.0 Å². The second kappa shape index (κ2) is 4.43. The summed E-state index contributed by atoms with van der Waals surface area (Å²) in [5.74, 6) is -0.0519. The Morgan fingerprint density at radius 2 is 2.11 bits per heavy atom. The Balaban J connectivity index is 3.01. The Hall–Kier alpha value is -1.86. The minimum atomic E-state index is -0.675. The van der Waals surface area contributed by atoms with Crippen LogP contribution < -0.4 is 10.9 Å². The van der Waals surface area contributed by atoms with Crippen molar-refractivity contribution >= 4 is 45.7 Å². The van der Waals surface area contributed by atoms with E-state index in [-0.39, 0.29) is 26.9 Å². The van der Waals surface area contributed by atoms with Gasteiger partial charge in [-0.3, -0.25) is 14.9 Å². The number of hydrogen-bond acceptors (Lipinski definition) is 5. The van der Waals surface area contributed by atoms with Gasteiger partial charge in [0.05, 0.1) is 15.5 Å². The zero-order valence-electron chi connectivity index (χ0n) is 8.95.